The number of aromatic amines is 1. The average Bonchev–Trinajstić information content (AvgIpc) is 3.08. The molecule has 2 heterocycles. The molecule has 0 spiro atoms. The topological polar surface area (TPSA) is 175 Å². The van der Waals surface area contributed by atoms with E-state index in [-0.39, 0.29) is 24.1 Å². The average molecular weight is 580 g/mol. The Morgan fingerprint density at radius 1 is 1.26 bits per heavy atom. The van der Waals surface area contributed by atoms with Gasteiger partial charge in [0.2, 0.25) is 0 Å². The van der Waals surface area contributed by atoms with E-state index in [2.05, 4.69) is 10.1 Å². The van der Waals surface area contributed by atoms with E-state index in [0.717, 1.165) is 22.4 Å². The summed E-state index contributed by atoms with van der Waals surface area (Å²) in [5.74, 6) is -1.03. The molecule has 0 amide bonds. The molecule has 0 aromatic carbocycles. The molecule has 13 nitrogen and oxygen atoms in total. The largest absolute Gasteiger partial charge is 0.462 e. The Kier molecular flexibility index (Phi) is 11.5. The molecule has 1 aromatic heterocycles. The Bertz CT molecular complexity index is 1130. The summed E-state index contributed by atoms with van der Waals surface area (Å²) in [5, 5.41) is 13.1. The summed E-state index contributed by atoms with van der Waals surface area (Å²) in [6.07, 6.45) is -2.26. The first-order chi connectivity index (χ1) is 17.5. The fourth-order valence-corrected chi connectivity index (χ4v) is 5.71. The molecular weight excluding hydrogens is 541 g/mol. The summed E-state index contributed by atoms with van der Waals surface area (Å²) in [6.45, 7) is 11.4. The van der Waals surface area contributed by atoms with Crippen LogP contribution in [0.1, 0.15) is 54.7 Å². The number of rotatable bonds is 12. The molecule has 15 heteroatoms. The Hall–Kier alpha value is -1.80. The van der Waals surface area contributed by atoms with Crippen LogP contribution in [-0.4, -0.2) is 69.1 Å². The molecule has 38 heavy (non-hydrogen) atoms. The molecule has 1 aliphatic rings. The number of nitrogens with zero attached hydrogens (tertiary/aromatic N) is 1. The molecule has 0 bridgehead atoms. The maximum Gasteiger partial charge on any atom is 0.406 e. The fraction of sp³-hybridized carbons (Fsp3) is 0.739. The van der Waals surface area contributed by atoms with Gasteiger partial charge in [0.15, 0.2) is 11.3 Å². The van der Waals surface area contributed by atoms with Crippen LogP contribution in [-0.2, 0) is 32.7 Å². The van der Waals surface area contributed by atoms with Crippen LogP contribution in [0.15, 0.2) is 21.9 Å². The first kappa shape index (κ1) is 32.4. The van der Waals surface area contributed by atoms with Crippen molar-refractivity contribution in [2.45, 2.75) is 79.0 Å². The summed E-state index contributed by atoms with van der Waals surface area (Å²) < 4.78 is 36.7. The van der Waals surface area contributed by atoms with Crippen LogP contribution in [0.4, 0.5) is 0 Å². The number of aliphatic hydroxyl groups excluding tert-OH is 1. The van der Waals surface area contributed by atoms with E-state index < -0.39 is 66.9 Å². The molecule has 1 saturated heterocycles. The molecule has 0 radical (unpaired) electrons. The van der Waals surface area contributed by atoms with Gasteiger partial charge >= 0.3 is 19.4 Å². The lowest BCUT2D eigenvalue weighted by atomic mass is 10.00. The highest BCUT2D eigenvalue weighted by Crippen LogP contribution is 2.46. The zero-order valence-corrected chi connectivity index (χ0v) is 24.4. The maximum atomic E-state index is 13.6. The second-order valence-electron chi connectivity index (χ2n) is 10.3. The molecule has 0 saturated carbocycles. The third-order valence-electron chi connectivity index (χ3n) is 5.51. The van der Waals surface area contributed by atoms with Crippen molar-refractivity contribution in [1.29, 1.82) is 0 Å². The number of aliphatic hydroxyl groups is 1. The normalized spacial score (nSPS) is 24.2. The predicted molar refractivity (Wildman–Crippen MR) is 141 cm³/mol. The minimum absolute atomic E-state index is 0.0654. The quantitative estimate of drug-likeness (QED) is 0.186. The highest BCUT2D eigenvalue weighted by molar-refractivity contribution is 8.13. The van der Waals surface area contributed by atoms with Crippen molar-refractivity contribution in [3.63, 3.8) is 0 Å². The van der Waals surface area contributed by atoms with Crippen molar-refractivity contribution in [1.82, 2.24) is 14.6 Å². The van der Waals surface area contributed by atoms with Gasteiger partial charge in [-0.15, -0.1) is 0 Å². The third-order valence-corrected chi connectivity index (χ3v) is 8.47. The van der Waals surface area contributed by atoms with Crippen LogP contribution in [0.2, 0.25) is 0 Å². The molecular formula is C23H38N3O10PS. The van der Waals surface area contributed by atoms with Gasteiger partial charge in [0.25, 0.3) is 5.56 Å². The molecule has 216 valence electrons. The zero-order chi connectivity index (χ0) is 28.8. The van der Waals surface area contributed by atoms with Crippen LogP contribution in [0.3, 0.4) is 0 Å². The number of carbonyl (C=O) groups excluding carboxylic acids is 2. The van der Waals surface area contributed by atoms with Gasteiger partial charge < -0.3 is 14.6 Å². The highest BCUT2D eigenvalue weighted by atomic mass is 32.2. The van der Waals surface area contributed by atoms with Gasteiger partial charge in [0.1, 0.15) is 12.1 Å². The van der Waals surface area contributed by atoms with E-state index in [1.54, 1.807) is 41.5 Å². The van der Waals surface area contributed by atoms with Crippen molar-refractivity contribution < 1.29 is 37.8 Å². The minimum atomic E-state index is -4.13. The van der Waals surface area contributed by atoms with E-state index in [9.17, 15) is 28.8 Å². The zero-order valence-electron chi connectivity index (χ0n) is 22.7. The van der Waals surface area contributed by atoms with E-state index >= 15 is 0 Å². The monoisotopic (exact) mass is 579 g/mol. The van der Waals surface area contributed by atoms with Crippen molar-refractivity contribution in [2.75, 3.05) is 19.0 Å². The lowest BCUT2D eigenvalue weighted by Gasteiger charge is -2.25. The molecule has 3 N–H and O–H groups in total. The summed E-state index contributed by atoms with van der Waals surface area (Å²) in [5.41, 5.74) is -1.91. The summed E-state index contributed by atoms with van der Waals surface area (Å²) in [7, 11) is -4.13. The molecule has 2 rings (SSSR count). The summed E-state index contributed by atoms with van der Waals surface area (Å²) in [6, 6.07) is 0.0740. The van der Waals surface area contributed by atoms with Crippen LogP contribution in [0.25, 0.3) is 0 Å². The molecule has 6 atom stereocenters. The number of esters is 1. The van der Waals surface area contributed by atoms with Crippen molar-refractivity contribution in [3.8, 4) is 0 Å². The first-order valence-corrected chi connectivity index (χ1v) is 14.8. The van der Waals surface area contributed by atoms with Crippen LogP contribution < -0.4 is 16.3 Å². The van der Waals surface area contributed by atoms with Gasteiger partial charge in [-0.1, -0.05) is 39.5 Å². The van der Waals surface area contributed by atoms with Crippen molar-refractivity contribution in [2.24, 2.45) is 11.3 Å². The Balaban J connectivity index is 2.11. The number of thioether (sulfide) groups is 1. The maximum absolute atomic E-state index is 13.6. The van der Waals surface area contributed by atoms with Crippen LogP contribution >= 0.6 is 19.5 Å². The molecule has 1 unspecified atom stereocenters. The Labute approximate surface area is 225 Å². The van der Waals surface area contributed by atoms with E-state index in [1.807, 2.05) is 0 Å². The van der Waals surface area contributed by atoms with Gasteiger partial charge in [0.05, 0.1) is 25.4 Å². The standard InChI is InChI=1S/C23H38N3O10PS/c1-13(2)35-20(29)15(4)25-37(32,33-10-11-38-21(30)23(5,6)7)34-12-16-14(3)18(28)19(36-16)26-9-8-17(27)24-22(26)31/h8-9,13-16,18-19,28H,10-12H2,1-7H3,(H,25,32)(H,24,27,31)/t14-,15-,16-,18-,19-,37?/m1/s1. The molecule has 1 aliphatic heterocycles. The number of aromatic nitrogens is 2. The number of hydrogen-bond acceptors (Lipinski definition) is 11. The third kappa shape index (κ3) is 9.15. The van der Waals surface area contributed by atoms with E-state index in [4.69, 9.17) is 18.5 Å². The van der Waals surface area contributed by atoms with Crippen LogP contribution in [0.5, 0.6) is 0 Å². The van der Waals surface area contributed by atoms with Gasteiger partial charge in [-0.05, 0) is 20.8 Å². The molecule has 1 aromatic rings. The number of carbonyl (C=O) groups is 2. The van der Waals surface area contributed by atoms with Crippen molar-refractivity contribution in [3.05, 3.63) is 33.1 Å². The number of H-pyrrole nitrogens is 1. The lowest BCUT2D eigenvalue weighted by Crippen LogP contribution is -2.36. The van der Waals surface area contributed by atoms with Gasteiger partial charge in [0, 0.05) is 29.3 Å². The highest BCUT2D eigenvalue weighted by Gasteiger charge is 2.44. The number of hydrogen-bond donors (Lipinski definition) is 3. The fourth-order valence-electron chi connectivity index (χ4n) is 3.33. The molecule has 1 fully saturated rings. The second-order valence-corrected chi connectivity index (χ2v) is 13.1. The minimum Gasteiger partial charge on any atom is -0.462 e. The van der Waals surface area contributed by atoms with E-state index in [1.165, 1.54) is 13.1 Å². The molecule has 0 aliphatic carbocycles. The second kappa shape index (κ2) is 13.5. The van der Waals surface area contributed by atoms with Gasteiger partial charge in [-0.25, -0.2) is 14.4 Å². The van der Waals surface area contributed by atoms with E-state index in [0.29, 0.717) is 0 Å². The SMILES string of the molecule is CC(C)OC(=O)[C@@H](C)NP(=O)(OCCSC(=O)C(C)(C)C)OC[C@H]1O[C@@H](n2ccc(=O)[nH]c2=O)[C@H](O)[C@@H]1C. The smallest absolute Gasteiger partial charge is 0.406 e. The summed E-state index contributed by atoms with van der Waals surface area (Å²) >= 11 is 1.03. The van der Waals surface area contributed by atoms with Crippen molar-refractivity contribution >= 4 is 30.6 Å². The van der Waals surface area contributed by atoms with Gasteiger partial charge in [-0.3, -0.25) is 33.0 Å². The Morgan fingerprint density at radius 2 is 1.92 bits per heavy atom. The lowest BCUT2D eigenvalue weighted by molar-refractivity contribution is -0.149. The van der Waals surface area contributed by atoms with Crippen LogP contribution in [0, 0.1) is 11.3 Å². The summed E-state index contributed by atoms with van der Waals surface area (Å²) in [4.78, 5) is 50.1. The predicted octanol–water partition coefficient (Wildman–Crippen LogP) is 1.81. The number of ether oxygens (including phenoxy) is 2. The first-order valence-electron chi connectivity index (χ1n) is 12.2. The number of nitrogens with one attached hydrogen (secondary N) is 2. The van der Waals surface area contributed by atoms with Gasteiger partial charge in [-0.2, -0.15) is 0 Å². The Morgan fingerprint density at radius 3 is 2.50 bits per heavy atom.